The Morgan fingerprint density at radius 1 is 1.00 bits per heavy atom. The van der Waals surface area contributed by atoms with E-state index in [1.54, 1.807) is 0 Å². The van der Waals surface area contributed by atoms with Crippen LogP contribution in [0.15, 0.2) is 12.4 Å². The van der Waals surface area contributed by atoms with Crippen molar-refractivity contribution in [2.75, 3.05) is 0 Å². The van der Waals surface area contributed by atoms with Crippen molar-refractivity contribution in [3.8, 4) is 11.5 Å². The number of allylic oxidation sites excluding steroid dienone is 1. The first-order chi connectivity index (χ1) is 7.39. The first kappa shape index (κ1) is 15.4. The van der Waals surface area contributed by atoms with Crippen LogP contribution in [0.1, 0.15) is 48.0 Å². The zero-order valence-corrected chi connectivity index (χ0v) is 12.5. The highest BCUT2D eigenvalue weighted by molar-refractivity contribution is 6.90. The molecule has 0 aliphatic rings. The molecule has 0 fully saturated rings. The fraction of sp³-hybridized carbons (Fsp3) is 0.714. The average molecular weight is 240 g/mol. The molecule has 2 heteroatoms. The van der Waals surface area contributed by atoms with Gasteiger partial charge in [-0.1, -0.05) is 41.5 Å². The van der Waals surface area contributed by atoms with Crippen LogP contribution in [-0.2, 0) is 0 Å². The third-order valence-corrected chi connectivity index (χ3v) is 9.82. The van der Waals surface area contributed by atoms with Crippen molar-refractivity contribution in [2.45, 2.75) is 64.6 Å². The molecule has 0 bridgehead atoms. The molecular weight excluding hydrogens is 215 g/mol. The van der Waals surface area contributed by atoms with E-state index in [4.69, 9.17) is 0 Å². The first-order valence-corrected chi connectivity index (χ1v) is 8.38. The molecule has 0 amide bonds. The van der Waals surface area contributed by atoms with Crippen molar-refractivity contribution in [1.29, 1.82) is 0 Å². The summed E-state index contributed by atoms with van der Waals surface area (Å²) in [6.07, 6.45) is 2.60. The lowest BCUT2D eigenvalue weighted by atomic mass is 10.4. The van der Waals surface area contributed by atoms with Crippen molar-refractivity contribution < 1.29 is 4.39 Å². The Bertz CT molecular complexity index is 257. The standard InChI is InChI=1S/C14H25FSi/c1-12(2)16(13(3)4,14(5)6)11-9-7-8-10-15/h8,10,12-14H,7H2,1-6H3/b10-8-. The van der Waals surface area contributed by atoms with E-state index in [1.807, 2.05) is 0 Å². The molecule has 0 atom stereocenters. The Morgan fingerprint density at radius 3 is 1.75 bits per heavy atom. The molecule has 0 N–H and O–H groups in total. The van der Waals surface area contributed by atoms with Crippen LogP contribution in [-0.4, -0.2) is 8.07 Å². The van der Waals surface area contributed by atoms with E-state index in [0.717, 1.165) is 0 Å². The molecule has 0 aromatic rings. The molecule has 0 aromatic heterocycles. The highest BCUT2D eigenvalue weighted by atomic mass is 28.3. The minimum atomic E-state index is -1.60. The number of hydrogen-bond acceptors (Lipinski definition) is 0. The summed E-state index contributed by atoms with van der Waals surface area (Å²) in [5.41, 5.74) is 5.48. The van der Waals surface area contributed by atoms with Gasteiger partial charge in [0.15, 0.2) is 0 Å². The van der Waals surface area contributed by atoms with E-state index < -0.39 is 8.07 Å². The van der Waals surface area contributed by atoms with Crippen LogP contribution in [0, 0.1) is 11.5 Å². The molecule has 0 saturated carbocycles. The molecule has 0 spiro atoms. The summed E-state index contributed by atoms with van der Waals surface area (Å²) >= 11 is 0. The minimum absolute atomic E-state index is 0.539. The van der Waals surface area contributed by atoms with Gasteiger partial charge in [-0.05, 0) is 22.7 Å². The van der Waals surface area contributed by atoms with E-state index in [1.165, 1.54) is 6.08 Å². The second kappa shape index (κ2) is 6.91. The monoisotopic (exact) mass is 240 g/mol. The van der Waals surface area contributed by atoms with Crippen LogP contribution in [0.2, 0.25) is 16.6 Å². The molecule has 0 radical (unpaired) electrons. The quantitative estimate of drug-likeness (QED) is 0.475. The maximum absolute atomic E-state index is 11.9. The summed E-state index contributed by atoms with van der Waals surface area (Å²) < 4.78 is 11.9. The summed E-state index contributed by atoms with van der Waals surface area (Å²) in [7, 11) is -1.60. The summed E-state index contributed by atoms with van der Waals surface area (Å²) in [5, 5.41) is 0. The summed E-state index contributed by atoms with van der Waals surface area (Å²) in [6, 6.07) is 0. The Balaban J connectivity index is 5.10. The highest BCUT2D eigenvalue weighted by Crippen LogP contribution is 2.40. The first-order valence-electron chi connectivity index (χ1n) is 6.14. The molecule has 0 aliphatic heterocycles. The van der Waals surface area contributed by atoms with Gasteiger partial charge in [-0.2, -0.15) is 0 Å². The van der Waals surface area contributed by atoms with E-state index in [2.05, 4.69) is 53.0 Å². The minimum Gasteiger partial charge on any atom is -0.216 e. The average Bonchev–Trinajstić information content (AvgIpc) is 2.16. The Hall–Kier alpha value is -0.553. The lowest BCUT2D eigenvalue weighted by molar-refractivity contribution is 0.717. The summed E-state index contributed by atoms with van der Waals surface area (Å²) in [4.78, 5) is 0. The molecule has 0 unspecified atom stereocenters. The fourth-order valence-electron chi connectivity index (χ4n) is 2.74. The third-order valence-electron chi connectivity index (χ3n) is 3.48. The van der Waals surface area contributed by atoms with E-state index in [9.17, 15) is 4.39 Å². The van der Waals surface area contributed by atoms with Crippen LogP contribution in [0.25, 0.3) is 0 Å². The van der Waals surface area contributed by atoms with E-state index in [-0.39, 0.29) is 0 Å². The SMILES string of the molecule is CC(C)[Si](C#CC/C=C\F)(C(C)C)C(C)C. The van der Waals surface area contributed by atoms with Crippen molar-refractivity contribution in [2.24, 2.45) is 0 Å². The smallest absolute Gasteiger partial charge is 0.145 e. The molecular formula is C14H25FSi. The molecule has 0 aliphatic carbocycles. The maximum atomic E-state index is 11.9. The van der Waals surface area contributed by atoms with Gasteiger partial charge < -0.3 is 0 Å². The summed E-state index contributed by atoms with van der Waals surface area (Å²) in [6.45, 7) is 13.7. The molecule has 92 valence electrons. The second-order valence-electron chi connectivity index (χ2n) is 5.26. The van der Waals surface area contributed by atoms with Gasteiger partial charge in [0.25, 0.3) is 0 Å². The van der Waals surface area contributed by atoms with Gasteiger partial charge in [0, 0.05) is 6.42 Å². The van der Waals surface area contributed by atoms with Crippen LogP contribution in [0.5, 0.6) is 0 Å². The molecule has 16 heavy (non-hydrogen) atoms. The van der Waals surface area contributed by atoms with Gasteiger partial charge in [0.05, 0.1) is 6.33 Å². The normalized spacial score (nSPS) is 12.6. The van der Waals surface area contributed by atoms with Gasteiger partial charge in [-0.3, -0.25) is 0 Å². The van der Waals surface area contributed by atoms with E-state index in [0.29, 0.717) is 29.4 Å². The second-order valence-corrected chi connectivity index (χ2v) is 10.8. The van der Waals surface area contributed by atoms with Gasteiger partial charge >= 0.3 is 0 Å². The lowest BCUT2D eigenvalue weighted by Crippen LogP contribution is -2.43. The Labute approximate surface area is 101 Å². The molecule has 0 aromatic carbocycles. The van der Waals surface area contributed by atoms with Gasteiger partial charge in [-0.15, -0.1) is 11.5 Å². The van der Waals surface area contributed by atoms with Gasteiger partial charge in [0.1, 0.15) is 8.07 Å². The predicted molar refractivity (Wildman–Crippen MR) is 73.7 cm³/mol. The van der Waals surface area contributed by atoms with Gasteiger partial charge in [0.2, 0.25) is 0 Å². The van der Waals surface area contributed by atoms with Crippen LogP contribution < -0.4 is 0 Å². The molecule has 0 heterocycles. The van der Waals surface area contributed by atoms with Crippen LogP contribution in [0.3, 0.4) is 0 Å². The largest absolute Gasteiger partial charge is 0.216 e. The van der Waals surface area contributed by atoms with Crippen LogP contribution >= 0.6 is 0 Å². The number of rotatable bonds is 4. The number of hydrogen-bond donors (Lipinski definition) is 0. The summed E-state index contributed by atoms with van der Waals surface area (Å²) in [5.74, 6) is 3.16. The molecule has 0 saturated heterocycles. The fourth-order valence-corrected chi connectivity index (χ4v) is 8.01. The van der Waals surface area contributed by atoms with Crippen molar-refractivity contribution >= 4 is 8.07 Å². The third kappa shape index (κ3) is 3.49. The Morgan fingerprint density at radius 2 is 1.44 bits per heavy atom. The van der Waals surface area contributed by atoms with Crippen molar-refractivity contribution in [3.63, 3.8) is 0 Å². The zero-order chi connectivity index (χ0) is 12.8. The number of halogens is 1. The highest BCUT2D eigenvalue weighted by Gasteiger charge is 2.41. The van der Waals surface area contributed by atoms with Crippen molar-refractivity contribution in [1.82, 2.24) is 0 Å². The Kier molecular flexibility index (Phi) is 6.67. The lowest BCUT2D eigenvalue weighted by Gasteiger charge is -2.38. The van der Waals surface area contributed by atoms with Gasteiger partial charge in [-0.25, -0.2) is 4.39 Å². The van der Waals surface area contributed by atoms with E-state index >= 15 is 0 Å². The predicted octanol–water partition coefficient (Wildman–Crippen LogP) is 5.08. The maximum Gasteiger partial charge on any atom is 0.145 e. The molecule has 0 nitrogen and oxygen atoms in total. The van der Waals surface area contributed by atoms with Crippen molar-refractivity contribution in [3.05, 3.63) is 12.4 Å². The molecule has 0 rings (SSSR count). The zero-order valence-electron chi connectivity index (χ0n) is 11.5. The topological polar surface area (TPSA) is 0 Å². The van der Waals surface area contributed by atoms with Crippen LogP contribution in [0.4, 0.5) is 4.39 Å².